The zero-order valence-electron chi connectivity index (χ0n) is 20.2. The van der Waals surface area contributed by atoms with Crippen LogP contribution in [0.2, 0.25) is 0 Å². The molecule has 0 unspecified atom stereocenters. The van der Waals surface area contributed by atoms with Crippen molar-refractivity contribution in [1.82, 2.24) is 0 Å². The first-order valence-electron chi connectivity index (χ1n) is 11.3. The molecule has 2 N–H and O–H groups in total. The maximum Gasteiger partial charge on any atom is 0.255 e. The molecule has 0 aromatic heterocycles. The zero-order chi connectivity index (χ0) is 26.4. The van der Waals surface area contributed by atoms with Gasteiger partial charge in [0, 0.05) is 22.5 Å². The summed E-state index contributed by atoms with van der Waals surface area (Å²) in [7, 11) is 3.21. The van der Waals surface area contributed by atoms with Crippen molar-refractivity contribution in [2.24, 2.45) is 0 Å². The highest BCUT2D eigenvalue weighted by molar-refractivity contribution is 14.1. The van der Waals surface area contributed by atoms with Crippen LogP contribution in [0.15, 0.2) is 84.9 Å². The molecule has 4 rings (SSSR count). The molecule has 6 nitrogen and oxygen atoms in total. The van der Waals surface area contributed by atoms with Crippen molar-refractivity contribution in [3.8, 4) is 11.5 Å². The fraction of sp³-hybridized carbons (Fsp3) is 0.103. The normalized spacial score (nSPS) is 10.5. The van der Waals surface area contributed by atoms with E-state index in [0.29, 0.717) is 11.1 Å². The van der Waals surface area contributed by atoms with Gasteiger partial charge >= 0.3 is 0 Å². The van der Waals surface area contributed by atoms with E-state index in [1.54, 1.807) is 50.6 Å². The van der Waals surface area contributed by atoms with E-state index in [9.17, 15) is 9.59 Å². The summed E-state index contributed by atoms with van der Waals surface area (Å²) in [6.07, 6.45) is 0.732. The van der Waals surface area contributed by atoms with Crippen LogP contribution in [-0.2, 0) is 6.42 Å². The molecule has 4 aromatic carbocycles. The molecule has 0 radical (unpaired) electrons. The number of methoxy groups -OCH3 is 2. The summed E-state index contributed by atoms with van der Waals surface area (Å²) >= 11 is 4.30. The number of halogens is 2. The minimum atomic E-state index is -0.171. The molecule has 2 amide bonds. The Labute approximate surface area is 243 Å². The van der Waals surface area contributed by atoms with Crippen LogP contribution in [0.4, 0.5) is 11.4 Å². The number of carbonyl (C=O) groups is 2. The van der Waals surface area contributed by atoms with Gasteiger partial charge in [-0.15, -0.1) is 0 Å². The second-order valence-corrected chi connectivity index (χ2v) is 10.5. The Balaban J connectivity index is 1.33. The fourth-order valence-electron chi connectivity index (χ4n) is 3.67. The summed E-state index contributed by atoms with van der Waals surface area (Å²) in [6, 6.07) is 26.2. The molecule has 0 saturated heterocycles. The van der Waals surface area contributed by atoms with Crippen LogP contribution >= 0.6 is 45.2 Å². The Morgan fingerprint density at radius 3 is 1.32 bits per heavy atom. The van der Waals surface area contributed by atoms with E-state index in [0.717, 1.165) is 47.6 Å². The van der Waals surface area contributed by atoms with Crippen molar-refractivity contribution >= 4 is 68.4 Å². The van der Waals surface area contributed by atoms with Gasteiger partial charge in [-0.25, -0.2) is 0 Å². The smallest absolute Gasteiger partial charge is 0.255 e. The lowest BCUT2D eigenvalue weighted by Gasteiger charge is -2.10. The van der Waals surface area contributed by atoms with Crippen molar-refractivity contribution in [1.29, 1.82) is 0 Å². The average Bonchev–Trinajstić information content (AvgIpc) is 2.90. The third kappa shape index (κ3) is 7.01. The molecule has 0 spiro atoms. The summed E-state index contributed by atoms with van der Waals surface area (Å²) in [5.41, 5.74) is 4.83. The van der Waals surface area contributed by atoms with Crippen molar-refractivity contribution in [2.75, 3.05) is 24.9 Å². The molecular weight excluding hydrogens is 694 g/mol. The highest BCUT2D eigenvalue weighted by Gasteiger charge is 2.11. The molecule has 37 heavy (non-hydrogen) atoms. The van der Waals surface area contributed by atoms with Gasteiger partial charge in [-0.2, -0.15) is 0 Å². The molecule has 0 saturated carbocycles. The molecule has 0 aliphatic rings. The van der Waals surface area contributed by atoms with Gasteiger partial charge in [-0.05, 0) is 123 Å². The number of hydrogen-bond acceptors (Lipinski definition) is 4. The van der Waals surface area contributed by atoms with Gasteiger partial charge < -0.3 is 20.1 Å². The van der Waals surface area contributed by atoms with Crippen LogP contribution < -0.4 is 20.1 Å². The summed E-state index contributed by atoms with van der Waals surface area (Å²) in [4.78, 5) is 25.2. The molecular formula is C29H24I2N2O4. The van der Waals surface area contributed by atoms with Crippen LogP contribution in [0.25, 0.3) is 0 Å². The number of anilines is 2. The first kappa shape index (κ1) is 26.9. The van der Waals surface area contributed by atoms with Gasteiger partial charge in [0.25, 0.3) is 11.8 Å². The van der Waals surface area contributed by atoms with Gasteiger partial charge in [0.2, 0.25) is 0 Å². The third-order valence-electron chi connectivity index (χ3n) is 5.66. The largest absolute Gasteiger partial charge is 0.496 e. The van der Waals surface area contributed by atoms with Crippen molar-refractivity contribution in [3.05, 3.63) is 114 Å². The summed E-state index contributed by atoms with van der Waals surface area (Å²) < 4.78 is 12.3. The number of amides is 2. The molecule has 0 fully saturated rings. The van der Waals surface area contributed by atoms with E-state index in [-0.39, 0.29) is 11.8 Å². The van der Waals surface area contributed by atoms with E-state index in [2.05, 4.69) is 55.8 Å². The second-order valence-electron chi connectivity index (χ2n) is 8.18. The first-order chi connectivity index (χ1) is 17.9. The standard InChI is InChI=1S/C29H24I2N2O4/c1-36-26-13-7-20(16-24(26)30)28(34)32-22-9-3-18(4-10-22)15-19-5-11-23(12-6-19)33-29(35)21-8-14-27(37-2)25(31)17-21/h3-14,16-17H,15H2,1-2H3,(H,32,34)(H,33,35). The van der Waals surface area contributed by atoms with Gasteiger partial charge in [-0.1, -0.05) is 24.3 Å². The first-order valence-corrected chi connectivity index (χ1v) is 13.5. The summed E-state index contributed by atoms with van der Waals surface area (Å²) in [6.45, 7) is 0. The highest BCUT2D eigenvalue weighted by atomic mass is 127. The Kier molecular flexibility index (Phi) is 9.04. The Bertz CT molecular complexity index is 1310. The highest BCUT2D eigenvalue weighted by Crippen LogP contribution is 2.24. The van der Waals surface area contributed by atoms with Crippen LogP contribution in [-0.4, -0.2) is 26.0 Å². The van der Waals surface area contributed by atoms with E-state index >= 15 is 0 Å². The van der Waals surface area contributed by atoms with E-state index in [1.807, 2.05) is 48.5 Å². The fourth-order valence-corrected chi connectivity index (χ4v) is 5.14. The predicted molar refractivity (Wildman–Crippen MR) is 163 cm³/mol. The van der Waals surface area contributed by atoms with Crippen molar-refractivity contribution in [2.45, 2.75) is 6.42 Å². The monoisotopic (exact) mass is 718 g/mol. The SMILES string of the molecule is COc1ccc(C(=O)Nc2ccc(Cc3ccc(NC(=O)c4ccc(OC)c(I)c4)cc3)cc2)cc1I. The lowest BCUT2D eigenvalue weighted by atomic mass is 10.0. The van der Waals surface area contributed by atoms with Crippen LogP contribution in [0, 0.1) is 7.14 Å². The Hall–Kier alpha value is -3.12. The summed E-state index contributed by atoms with van der Waals surface area (Å²) in [5.74, 6) is 1.14. The number of ether oxygens (including phenoxy) is 2. The maximum atomic E-state index is 12.6. The van der Waals surface area contributed by atoms with E-state index in [1.165, 1.54) is 0 Å². The predicted octanol–water partition coefficient (Wildman–Crippen LogP) is 7.01. The molecule has 0 aliphatic heterocycles. The quantitative estimate of drug-likeness (QED) is 0.193. The van der Waals surface area contributed by atoms with Gasteiger partial charge in [-0.3, -0.25) is 9.59 Å². The van der Waals surface area contributed by atoms with Gasteiger partial charge in [0.05, 0.1) is 21.4 Å². The van der Waals surface area contributed by atoms with Crippen molar-refractivity contribution < 1.29 is 19.1 Å². The molecule has 0 bridgehead atoms. The number of hydrogen-bond donors (Lipinski definition) is 2. The van der Waals surface area contributed by atoms with Gasteiger partial charge in [0.15, 0.2) is 0 Å². The Morgan fingerprint density at radius 1 is 0.622 bits per heavy atom. The number of nitrogens with one attached hydrogen (secondary N) is 2. The maximum absolute atomic E-state index is 12.6. The Morgan fingerprint density at radius 2 is 1.00 bits per heavy atom. The molecule has 0 atom stereocenters. The van der Waals surface area contributed by atoms with E-state index in [4.69, 9.17) is 9.47 Å². The van der Waals surface area contributed by atoms with Crippen LogP contribution in [0.5, 0.6) is 11.5 Å². The number of benzene rings is 4. The van der Waals surface area contributed by atoms with Gasteiger partial charge in [0.1, 0.15) is 11.5 Å². The minimum absolute atomic E-state index is 0.171. The van der Waals surface area contributed by atoms with E-state index < -0.39 is 0 Å². The summed E-state index contributed by atoms with van der Waals surface area (Å²) in [5, 5.41) is 5.86. The average molecular weight is 718 g/mol. The minimum Gasteiger partial charge on any atom is -0.496 e. The second kappa shape index (κ2) is 12.4. The molecule has 0 heterocycles. The molecule has 4 aromatic rings. The lowest BCUT2D eigenvalue weighted by molar-refractivity contribution is 0.101. The zero-order valence-corrected chi connectivity index (χ0v) is 24.5. The lowest BCUT2D eigenvalue weighted by Crippen LogP contribution is -2.12. The topological polar surface area (TPSA) is 76.7 Å². The number of carbonyl (C=O) groups excluding carboxylic acids is 2. The number of rotatable bonds is 8. The third-order valence-corrected chi connectivity index (χ3v) is 7.35. The van der Waals surface area contributed by atoms with Crippen molar-refractivity contribution in [3.63, 3.8) is 0 Å². The van der Waals surface area contributed by atoms with Crippen LogP contribution in [0.1, 0.15) is 31.8 Å². The molecule has 188 valence electrons. The molecule has 8 heteroatoms. The molecule has 0 aliphatic carbocycles. The van der Waals surface area contributed by atoms with Crippen LogP contribution in [0.3, 0.4) is 0 Å².